The summed E-state index contributed by atoms with van der Waals surface area (Å²) in [5.41, 5.74) is 1.54. The summed E-state index contributed by atoms with van der Waals surface area (Å²) in [6.45, 7) is 2.67. The molecule has 0 radical (unpaired) electrons. The van der Waals surface area contributed by atoms with Gasteiger partial charge in [0.1, 0.15) is 6.26 Å². The van der Waals surface area contributed by atoms with Crippen molar-refractivity contribution in [3.8, 4) is 0 Å². The van der Waals surface area contributed by atoms with Crippen molar-refractivity contribution in [1.82, 2.24) is 4.90 Å². The highest BCUT2D eigenvalue weighted by molar-refractivity contribution is 5.96. The lowest BCUT2D eigenvalue weighted by Gasteiger charge is -2.31. The van der Waals surface area contributed by atoms with Gasteiger partial charge in [-0.3, -0.25) is 19.7 Å². The zero-order valence-electron chi connectivity index (χ0n) is 14.3. The summed E-state index contributed by atoms with van der Waals surface area (Å²) < 4.78 is 4.94. The Kier molecular flexibility index (Phi) is 5.01. The third kappa shape index (κ3) is 3.74. The molecule has 2 heterocycles. The molecule has 1 N–H and O–H groups in total. The molecule has 0 saturated carbocycles. The summed E-state index contributed by atoms with van der Waals surface area (Å²) in [7, 11) is 0. The quantitative estimate of drug-likeness (QED) is 0.669. The summed E-state index contributed by atoms with van der Waals surface area (Å²) in [4.78, 5) is 37.1. The number of non-ortho nitro benzene ring substituents is 1. The van der Waals surface area contributed by atoms with Crippen LogP contribution in [0.4, 0.5) is 11.4 Å². The maximum absolute atomic E-state index is 12.6. The van der Waals surface area contributed by atoms with Crippen LogP contribution in [0.3, 0.4) is 0 Å². The normalized spacial score (nSPS) is 17.0. The minimum atomic E-state index is -0.499. The van der Waals surface area contributed by atoms with Crippen LogP contribution >= 0.6 is 0 Å². The molecule has 1 aromatic heterocycles. The number of piperidine rings is 1. The van der Waals surface area contributed by atoms with E-state index in [-0.39, 0.29) is 23.4 Å². The second-order valence-corrected chi connectivity index (χ2v) is 6.35. The number of furan rings is 1. The Bertz CT molecular complexity index is 831. The van der Waals surface area contributed by atoms with Crippen molar-refractivity contribution in [3.63, 3.8) is 0 Å². The number of hydrogen-bond acceptors (Lipinski definition) is 5. The van der Waals surface area contributed by atoms with E-state index >= 15 is 0 Å². The fraction of sp³-hybridized carbons (Fsp3) is 0.333. The van der Waals surface area contributed by atoms with Gasteiger partial charge in [-0.1, -0.05) is 6.07 Å². The van der Waals surface area contributed by atoms with Gasteiger partial charge in [-0.25, -0.2) is 0 Å². The highest BCUT2D eigenvalue weighted by atomic mass is 16.6. The Balaban J connectivity index is 1.69. The van der Waals surface area contributed by atoms with Gasteiger partial charge < -0.3 is 14.6 Å². The Morgan fingerprint density at radius 1 is 1.35 bits per heavy atom. The fourth-order valence-corrected chi connectivity index (χ4v) is 3.04. The van der Waals surface area contributed by atoms with E-state index in [0.29, 0.717) is 30.8 Å². The number of hydrogen-bond donors (Lipinski definition) is 1. The van der Waals surface area contributed by atoms with Crippen LogP contribution in [-0.2, 0) is 4.79 Å². The number of anilines is 1. The second kappa shape index (κ2) is 7.38. The highest BCUT2D eigenvalue weighted by Crippen LogP contribution is 2.25. The van der Waals surface area contributed by atoms with Crippen molar-refractivity contribution < 1.29 is 18.9 Å². The van der Waals surface area contributed by atoms with Gasteiger partial charge in [-0.2, -0.15) is 0 Å². The number of carbonyl (C=O) groups excluding carboxylic acids is 2. The molecule has 2 amide bonds. The number of rotatable bonds is 4. The monoisotopic (exact) mass is 357 g/mol. The lowest BCUT2D eigenvalue weighted by molar-refractivity contribution is -0.384. The first-order valence-electron chi connectivity index (χ1n) is 8.33. The Hall–Kier alpha value is -3.16. The minimum Gasteiger partial charge on any atom is -0.472 e. The summed E-state index contributed by atoms with van der Waals surface area (Å²) in [6.07, 6.45) is 4.20. The zero-order valence-corrected chi connectivity index (χ0v) is 14.3. The molecule has 136 valence electrons. The van der Waals surface area contributed by atoms with Crippen molar-refractivity contribution in [2.75, 3.05) is 18.4 Å². The Morgan fingerprint density at radius 3 is 2.85 bits per heavy atom. The lowest BCUT2D eigenvalue weighted by atomic mass is 9.96. The van der Waals surface area contributed by atoms with E-state index in [4.69, 9.17) is 4.42 Å². The largest absolute Gasteiger partial charge is 0.472 e. The van der Waals surface area contributed by atoms with E-state index in [9.17, 15) is 19.7 Å². The predicted octanol–water partition coefficient (Wildman–Crippen LogP) is 2.99. The van der Waals surface area contributed by atoms with Crippen molar-refractivity contribution in [3.05, 3.63) is 58.0 Å². The van der Waals surface area contributed by atoms with Gasteiger partial charge in [0, 0.05) is 25.2 Å². The Morgan fingerprint density at radius 2 is 2.15 bits per heavy atom. The number of nitro benzene ring substituents is 1. The molecule has 26 heavy (non-hydrogen) atoms. The molecule has 0 aliphatic carbocycles. The molecule has 1 aliphatic rings. The zero-order chi connectivity index (χ0) is 18.7. The van der Waals surface area contributed by atoms with Gasteiger partial charge in [0.2, 0.25) is 5.91 Å². The van der Waals surface area contributed by atoms with Crippen LogP contribution in [0.25, 0.3) is 0 Å². The van der Waals surface area contributed by atoms with E-state index in [1.807, 2.05) is 0 Å². The van der Waals surface area contributed by atoms with Crippen LogP contribution in [0.1, 0.15) is 28.8 Å². The maximum atomic E-state index is 12.6. The van der Waals surface area contributed by atoms with Gasteiger partial charge in [-0.05, 0) is 31.4 Å². The molecule has 1 fully saturated rings. The predicted molar refractivity (Wildman–Crippen MR) is 93.8 cm³/mol. The number of aryl methyl sites for hydroxylation is 1. The molecule has 1 unspecified atom stereocenters. The molecule has 2 aromatic rings. The van der Waals surface area contributed by atoms with E-state index in [1.165, 1.54) is 24.7 Å². The molecule has 1 aromatic carbocycles. The van der Waals surface area contributed by atoms with Crippen LogP contribution in [0.2, 0.25) is 0 Å². The molecular weight excluding hydrogens is 338 g/mol. The van der Waals surface area contributed by atoms with Crippen LogP contribution in [0, 0.1) is 23.0 Å². The number of nitrogens with zero attached hydrogens (tertiary/aromatic N) is 2. The topological polar surface area (TPSA) is 106 Å². The van der Waals surface area contributed by atoms with E-state index in [1.54, 1.807) is 24.0 Å². The minimum absolute atomic E-state index is 0.0775. The average Bonchev–Trinajstić information content (AvgIpc) is 3.17. The SMILES string of the molecule is Cc1ccc([N+](=O)[O-])cc1NC(=O)C1CCCN(C(=O)c2ccoc2)C1. The molecule has 8 nitrogen and oxygen atoms in total. The smallest absolute Gasteiger partial charge is 0.271 e. The summed E-state index contributed by atoms with van der Waals surface area (Å²) in [5.74, 6) is -0.765. The van der Waals surface area contributed by atoms with E-state index in [0.717, 1.165) is 12.0 Å². The van der Waals surface area contributed by atoms with Crippen molar-refractivity contribution in [2.24, 2.45) is 5.92 Å². The van der Waals surface area contributed by atoms with Gasteiger partial charge in [0.15, 0.2) is 0 Å². The molecule has 1 aliphatic heterocycles. The van der Waals surface area contributed by atoms with Crippen LogP contribution in [0.15, 0.2) is 41.2 Å². The van der Waals surface area contributed by atoms with Crippen molar-refractivity contribution >= 4 is 23.2 Å². The molecule has 1 atom stereocenters. The molecule has 3 rings (SSSR count). The average molecular weight is 357 g/mol. The van der Waals surface area contributed by atoms with Gasteiger partial charge in [-0.15, -0.1) is 0 Å². The standard InChI is InChI=1S/C18H19N3O5/c1-12-4-5-15(21(24)25)9-16(12)19-17(22)13-3-2-7-20(10-13)18(23)14-6-8-26-11-14/h4-6,8-9,11,13H,2-3,7,10H2,1H3,(H,19,22). The van der Waals surface area contributed by atoms with Crippen LogP contribution < -0.4 is 5.32 Å². The number of likely N-dealkylation sites (tertiary alicyclic amines) is 1. The third-order valence-electron chi connectivity index (χ3n) is 4.54. The first-order chi connectivity index (χ1) is 12.5. The summed E-state index contributed by atoms with van der Waals surface area (Å²) in [5, 5.41) is 13.7. The highest BCUT2D eigenvalue weighted by Gasteiger charge is 2.29. The van der Waals surface area contributed by atoms with E-state index < -0.39 is 4.92 Å². The number of nitro groups is 1. The first kappa shape index (κ1) is 17.7. The fourth-order valence-electron chi connectivity index (χ4n) is 3.04. The van der Waals surface area contributed by atoms with Gasteiger partial charge >= 0.3 is 0 Å². The van der Waals surface area contributed by atoms with E-state index in [2.05, 4.69) is 5.32 Å². The Labute approximate surface area is 149 Å². The van der Waals surface area contributed by atoms with Crippen LogP contribution in [-0.4, -0.2) is 34.7 Å². The molecule has 0 bridgehead atoms. The van der Waals surface area contributed by atoms with Gasteiger partial charge in [0.05, 0.1) is 28.4 Å². The second-order valence-electron chi connectivity index (χ2n) is 6.35. The molecule has 0 spiro atoms. The van der Waals surface area contributed by atoms with Crippen molar-refractivity contribution in [2.45, 2.75) is 19.8 Å². The first-order valence-corrected chi connectivity index (χ1v) is 8.33. The lowest BCUT2D eigenvalue weighted by Crippen LogP contribution is -2.43. The van der Waals surface area contributed by atoms with Gasteiger partial charge in [0.25, 0.3) is 11.6 Å². The number of carbonyl (C=O) groups is 2. The van der Waals surface area contributed by atoms with Crippen molar-refractivity contribution in [1.29, 1.82) is 0 Å². The number of benzene rings is 1. The number of nitrogens with one attached hydrogen (secondary N) is 1. The molecule has 1 saturated heterocycles. The third-order valence-corrected chi connectivity index (χ3v) is 4.54. The maximum Gasteiger partial charge on any atom is 0.271 e. The summed E-state index contributed by atoms with van der Waals surface area (Å²) in [6, 6.07) is 5.95. The van der Waals surface area contributed by atoms with Crippen LogP contribution in [0.5, 0.6) is 0 Å². The molecule has 8 heteroatoms. The number of amides is 2. The molecular formula is C18H19N3O5. The summed E-state index contributed by atoms with van der Waals surface area (Å²) >= 11 is 0.